The van der Waals surface area contributed by atoms with Crippen LogP contribution in [0.4, 0.5) is 5.69 Å². The van der Waals surface area contributed by atoms with E-state index in [1.807, 2.05) is 41.4 Å². The number of likely N-dealkylation sites (tertiary alicyclic amines) is 1. The van der Waals surface area contributed by atoms with Crippen LogP contribution in [0, 0.1) is 0 Å². The fraction of sp³-hybridized carbons (Fsp3) is 0.467. The van der Waals surface area contributed by atoms with Gasteiger partial charge < -0.3 is 19.9 Å². The summed E-state index contributed by atoms with van der Waals surface area (Å²) < 4.78 is 5.29. The lowest BCUT2D eigenvalue weighted by Crippen LogP contribution is -2.43. The second-order valence-corrected chi connectivity index (χ2v) is 9.81. The summed E-state index contributed by atoms with van der Waals surface area (Å²) in [5.41, 5.74) is 4.11. The number of carbonyl (C=O) groups is 2. The molecule has 3 aromatic rings. The molecule has 1 aromatic heterocycles. The van der Waals surface area contributed by atoms with Crippen LogP contribution < -0.4 is 10.1 Å². The van der Waals surface area contributed by atoms with Gasteiger partial charge in [0.15, 0.2) is 0 Å². The van der Waals surface area contributed by atoms with Gasteiger partial charge >= 0.3 is 0 Å². The van der Waals surface area contributed by atoms with Gasteiger partial charge in [-0.1, -0.05) is 32.9 Å². The molecule has 7 nitrogen and oxygen atoms in total. The van der Waals surface area contributed by atoms with E-state index in [0.717, 1.165) is 73.3 Å². The number of hydrogen-bond acceptors (Lipinski definition) is 4. The Morgan fingerprint density at radius 1 is 1.08 bits per heavy atom. The van der Waals surface area contributed by atoms with Crippen molar-refractivity contribution in [2.24, 2.45) is 0 Å². The number of ether oxygens (including phenoxy) is 1. The monoisotopic (exact) mass is 504 g/mol. The van der Waals surface area contributed by atoms with Crippen LogP contribution in [0.25, 0.3) is 10.9 Å². The maximum Gasteiger partial charge on any atom is 0.241 e. The van der Waals surface area contributed by atoms with Crippen molar-refractivity contribution in [2.75, 3.05) is 38.6 Å². The zero-order valence-electron chi connectivity index (χ0n) is 22.5. The number of hydrogen-bond donors (Lipinski definition) is 2. The van der Waals surface area contributed by atoms with Gasteiger partial charge in [-0.25, -0.2) is 0 Å². The molecule has 0 bridgehead atoms. The molecular weight excluding hydrogens is 464 g/mol. The van der Waals surface area contributed by atoms with E-state index in [1.54, 1.807) is 7.11 Å². The molecule has 0 saturated carbocycles. The highest BCUT2D eigenvalue weighted by atomic mass is 16.5. The van der Waals surface area contributed by atoms with E-state index in [4.69, 9.17) is 4.74 Å². The van der Waals surface area contributed by atoms with Crippen LogP contribution in [-0.2, 0) is 16.0 Å². The quantitative estimate of drug-likeness (QED) is 0.399. The molecule has 2 N–H and O–H groups in total. The average Bonchev–Trinajstić information content (AvgIpc) is 3.33. The topological polar surface area (TPSA) is 77.7 Å². The first-order valence-electron chi connectivity index (χ1n) is 13.5. The zero-order chi connectivity index (χ0) is 26.4. The van der Waals surface area contributed by atoms with Gasteiger partial charge in [-0.2, -0.15) is 0 Å². The Hall–Kier alpha value is -3.32. The van der Waals surface area contributed by atoms with Crippen molar-refractivity contribution in [3.05, 3.63) is 59.8 Å². The normalized spacial score (nSPS) is 15.2. The van der Waals surface area contributed by atoms with Crippen molar-refractivity contribution in [2.45, 2.75) is 58.4 Å². The Kier molecular flexibility index (Phi) is 8.87. The Morgan fingerprint density at radius 3 is 2.41 bits per heavy atom. The average molecular weight is 505 g/mol. The summed E-state index contributed by atoms with van der Waals surface area (Å²) in [4.78, 5) is 33.3. The minimum absolute atomic E-state index is 0.0557. The van der Waals surface area contributed by atoms with Crippen LogP contribution in [0.5, 0.6) is 5.75 Å². The summed E-state index contributed by atoms with van der Waals surface area (Å²) in [6.07, 6.45) is 5.01. The summed E-state index contributed by atoms with van der Waals surface area (Å²) in [7, 11) is 1.65. The molecule has 0 radical (unpaired) electrons. The largest absolute Gasteiger partial charge is 0.497 e. The van der Waals surface area contributed by atoms with Crippen LogP contribution in [0.3, 0.4) is 0 Å². The molecule has 7 heteroatoms. The second kappa shape index (κ2) is 12.3. The van der Waals surface area contributed by atoms with Crippen LogP contribution in [0.1, 0.15) is 57.1 Å². The summed E-state index contributed by atoms with van der Waals surface area (Å²) in [6.45, 7) is 9.49. The minimum Gasteiger partial charge on any atom is -0.497 e. The molecular formula is C30H40N4O3. The van der Waals surface area contributed by atoms with Crippen molar-refractivity contribution in [3.8, 4) is 5.75 Å². The predicted octanol–water partition coefficient (Wildman–Crippen LogP) is 5.18. The fourth-order valence-electron chi connectivity index (χ4n) is 5.51. The number of likely N-dealkylation sites (N-methyl/N-ethyl adjacent to an activating group) is 1. The van der Waals surface area contributed by atoms with E-state index in [0.29, 0.717) is 12.3 Å². The summed E-state index contributed by atoms with van der Waals surface area (Å²) in [5, 5.41) is 4.16. The number of fused-ring (bicyclic) bond motifs is 1. The molecule has 1 aliphatic heterocycles. The van der Waals surface area contributed by atoms with E-state index < -0.39 is 0 Å². The highest BCUT2D eigenvalue weighted by molar-refractivity contribution is 5.94. The van der Waals surface area contributed by atoms with Gasteiger partial charge in [-0.05, 0) is 73.7 Å². The van der Waals surface area contributed by atoms with Crippen LogP contribution in [-0.4, -0.2) is 65.9 Å². The maximum atomic E-state index is 13.0. The van der Waals surface area contributed by atoms with Crippen molar-refractivity contribution >= 4 is 28.4 Å². The zero-order valence-corrected chi connectivity index (χ0v) is 22.5. The van der Waals surface area contributed by atoms with Crippen molar-refractivity contribution in [1.82, 2.24) is 14.8 Å². The maximum absolute atomic E-state index is 13.0. The number of aromatic nitrogens is 1. The van der Waals surface area contributed by atoms with Crippen LogP contribution >= 0.6 is 0 Å². The van der Waals surface area contributed by atoms with Gasteiger partial charge in [0.25, 0.3) is 0 Å². The fourth-order valence-corrected chi connectivity index (χ4v) is 5.51. The second-order valence-electron chi connectivity index (χ2n) is 9.81. The Labute approximate surface area is 220 Å². The molecule has 37 heavy (non-hydrogen) atoms. The van der Waals surface area contributed by atoms with E-state index >= 15 is 0 Å². The number of rotatable bonds is 10. The van der Waals surface area contributed by atoms with Crippen molar-refractivity contribution in [1.29, 1.82) is 0 Å². The Balaban J connectivity index is 1.30. The molecule has 1 atom stereocenters. The van der Waals surface area contributed by atoms with Crippen molar-refractivity contribution in [3.63, 3.8) is 0 Å². The number of H-pyrrole nitrogens is 1. The first kappa shape index (κ1) is 26.7. The molecule has 1 unspecified atom stereocenters. The molecule has 0 aliphatic carbocycles. The number of nitrogens with one attached hydrogen (secondary N) is 2. The third-order valence-electron chi connectivity index (χ3n) is 7.76. The number of benzene rings is 2. The molecule has 2 amide bonds. The van der Waals surface area contributed by atoms with Crippen LogP contribution in [0.15, 0.2) is 48.7 Å². The third kappa shape index (κ3) is 6.16. The lowest BCUT2D eigenvalue weighted by atomic mass is 9.89. The van der Waals surface area contributed by atoms with Gasteiger partial charge in [0.1, 0.15) is 5.75 Å². The van der Waals surface area contributed by atoms with Gasteiger partial charge in [-0.15, -0.1) is 0 Å². The predicted molar refractivity (Wildman–Crippen MR) is 149 cm³/mol. The SMILES string of the molecule is CCC(C(=O)Nc1ccc(C2CCN(C(=O)Cc3c[nH]c4cc(OC)ccc34)CC2)cc1)N(CC)CC. The van der Waals surface area contributed by atoms with E-state index in [9.17, 15) is 9.59 Å². The summed E-state index contributed by atoms with van der Waals surface area (Å²) in [5.74, 6) is 1.45. The van der Waals surface area contributed by atoms with E-state index in [-0.39, 0.29) is 17.9 Å². The van der Waals surface area contributed by atoms with Gasteiger partial charge in [0.05, 0.1) is 19.6 Å². The first-order valence-corrected chi connectivity index (χ1v) is 13.5. The molecule has 1 saturated heterocycles. The first-order chi connectivity index (χ1) is 18.0. The highest BCUT2D eigenvalue weighted by Gasteiger charge is 2.25. The molecule has 4 rings (SSSR count). The molecule has 2 aromatic carbocycles. The minimum atomic E-state index is -0.108. The smallest absolute Gasteiger partial charge is 0.241 e. The van der Waals surface area contributed by atoms with E-state index in [1.165, 1.54) is 5.56 Å². The number of methoxy groups -OCH3 is 1. The van der Waals surface area contributed by atoms with Gasteiger partial charge in [-0.3, -0.25) is 14.5 Å². The molecule has 0 spiro atoms. The summed E-state index contributed by atoms with van der Waals surface area (Å²) >= 11 is 0. The standard InChI is InChI=1S/C30H40N4O3/c1-5-28(33(6-2)7-3)30(36)32-24-10-8-21(9-11-24)22-14-16-34(17-15-22)29(35)18-23-20-31-27-19-25(37-4)12-13-26(23)27/h8-13,19-20,22,28,31H,5-7,14-18H2,1-4H3,(H,32,36). The number of carbonyl (C=O) groups excluding carboxylic acids is 2. The lowest BCUT2D eigenvalue weighted by molar-refractivity contribution is -0.131. The van der Waals surface area contributed by atoms with Gasteiger partial charge in [0, 0.05) is 41.9 Å². The lowest BCUT2D eigenvalue weighted by Gasteiger charge is -2.32. The molecule has 2 heterocycles. The molecule has 198 valence electrons. The third-order valence-corrected chi connectivity index (χ3v) is 7.76. The number of amides is 2. The van der Waals surface area contributed by atoms with Crippen LogP contribution in [0.2, 0.25) is 0 Å². The summed E-state index contributed by atoms with van der Waals surface area (Å²) in [6, 6.07) is 14.0. The van der Waals surface area contributed by atoms with E-state index in [2.05, 4.69) is 48.1 Å². The number of anilines is 1. The van der Waals surface area contributed by atoms with Crippen molar-refractivity contribution < 1.29 is 14.3 Å². The molecule has 1 fully saturated rings. The number of piperidine rings is 1. The Bertz CT molecular complexity index is 1190. The Morgan fingerprint density at radius 2 is 1.78 bits per heavy atom. The highest BCUT2D eigenvalue weighted by Crippen LogP contribution is 2.30. The number of nitrogens with zero attached hydrogens (tertiary/aromatic N) is 2. The number of aromatic amines is 1. The molecule has 1 aliphatic rings. The van der Waals surface area contributed by atoms with Gasteiger partial charge in [0.2, 0.25) is 11.8 Å².